The standard InChI is InChI=1S/C19H23ClN2O/c1-19(2,3)14-8-10-15(11-9-14)22-18(23)12-13-21-17-7-5-4-6-16(17)20/h4-11,21H,12-13H2,1-3H3,(H,22,23). The summed E-state index contributed by atoms with van der Waals surface area (Å²) in [5, 5.41) is 6.73. The fourth-order valence-electron chi connectivity index (χ4n) is 2.19. The first kappa shape index (κ1) is 17.4. The van der Waals surface area contributed by atoms with E-state index in [0.29, 0.717) is 18.0 Å². The fourth-order valence-corrected chi connectivity index (χ4v) is 2.39. The number of para-hydroxylation sites is 1. The van der Waals surface area contributed by atoms with Crippen molar-refractivity contribution in [1.29, 1.82) is 0 Å². The number of carbonyl (C=O) groups excluding carboxylic acids is 1. The zero-order chi connectivity index (χ0) is 16.9. The van der Waals surface area contributed by atoms with Crippen LogP contribution in [0.15, 0.2) is 48.5 Å². The smallest absolute Gasteiger partial charge is 0.226 e. The molecule has 2 aromatic carbocycles. The summed E-state index contributed by atoms with van der Waals surface area (Å²) in [6.45, 7) is 7.04. The number of anilines is 2. The van der Waals surface area contributed by atoms with Gasteiger partial charge in [0.15, 0.2) is 0 Å². The molecule has 2 N–H and O–H groups in total. The van der Waals surface area contributed by atoms with Crippen molar-refractivity contribution < 1.29 is 4.79 Å². The van der Waals surface area contributed by atoms with E-state index in [-0.39, 0.29) is 11.3 Å². The van der Waals surface area contributed by atoms with E-state index in [1.165, 1.54) is 5.56 Å². The van der Waals surface area contributed by atoms with E-state index in [1.54, 1.807) is 0 Å². The van der Waals surface area contributed by atoms with Crippen molar-refractivity contribution in [2.75, 3.05) is 17.2 Å². The summed E-state index contributed by atoms with van der Waals surface area (Å²) < 4.78 is 0. The molecule has 23 heavy (non-hydrogen) atoms. The number of nitrogens with one attached hydrogen (secondary N) is 2. The van der Waals surface area contributed by atoms with E-state index in [1.807, 2.05) is 36.4 Å². The summed E-state index contributed by atoms with van der Waals surface area (Å²) >= 11 is 6.06. The molecule has 0 atom stereocenters. The Morgan fingerprint density at radius 1 is 1.04 bits per heavy atom. The highest BCUT2D eigenvalue weighted by Gasteiger charge is 2.13. The predicted octanol–water partition coefficient (Wildman–Crippen LogP) is 5.08. The summed E-state index contributed by atoms with van der Waals surface area (Å²) in [5.74, 6) is -0.0203. The second-order valence-electron chi connectivity index (χ2n) is 6.53. The van der Waals surface area contributed by atoms with E-state index in [2.05, 4.69) is 43.5 Å². The number of benzene rings is 2. The van der Waals surface area contributed by atoms with Gasteiger partial charge in [0.2, 0.25) is 5.91 Å². The highest BCUT2D eigenvalue weighted by Crippen LogP contribution is 2.23. The van der Waals surface area contributed by atoms with Crippen LogP contribution in [0.4, 0.5) is 11.4 Å². The second kappa shape index (κ2) is 7.51. The van der Waals surface area contributed by atoms with E-state index in [4.69, 9.17) is 11.6 Å². The van der Waals surface area contributed by atoms with Crippen LogP contribution in [-0.2, 0) is 10.2 Å². The molecule has 122 valence electrons. The summed E-state index contributed by atoms with van der Waals surface area (Å²) in [5.41, 5.74) is 3.02. The third-order valence-corrected chi connectivity index (χ3v) is 3.91. The Kier molecular flexibility index (Phi) is 5.67. The monoisotopic (exact) mass is 330 g/mol. The zero-order valence-electron chi connectivity index (χ0n) is 13.8. The minimum absolute atomic E-state index is 0.0203. The van der Waals surface area contributed by atoms with E-state index in [0.717, 1.165) is 11.4 Å². The van der Waals surface area contributed by atoms with Gasteiger partial charge in [0.05, 0.1) is 10.7 Å². The summed E-state index contributed by atoms with van der Waals surface area (Å²) in [6, 6.07) is 15.5. The average Bonchev–Trinajstić information content (AvgIpc) is 2.49. The molecule has 3 nitrogen and oxygen atoms in total. The Morgan fingerprint density at radius 3 is 2.30 bits per heavy atom. The van der Waals surface area contributed by atoms with Crippen LogP contribution in [-0.4, -0.2) is 12.5 Å². The first-order valence-electron chi connectivity index (χ1n) is 7.75. The third-order valence-electron chi connectivity index (χ3n) is 3.58. The molecule has 4 heteroatoms. The highest BCUT2D eigenvalue weighted by molar-refractivity contribution is 6.33. The van der Waals surface area contributed by atoms with Gasteiger partial charge in [-0.05, 0) is 35.2 Å². The molecule has 0 heterocycles. The summed E-state index contributed by atoms with van der Waals surface area (Å²) in [6.07, 6.45) is 0.381. The molecular formula is C19H23ClN2O. The van der Waals surface area contributed by atoms with Gasteiger partial charge in [0, 0.05) is 18.7 Å². The molecule has 0 fully saturated rings. The van der Waals surface area contributed by atoms with Gasteiger partial charge in [-0.1, -0.05) is 56.6 Å². The quantitative estimate of drug-likeness (QED) is 0.802. The maximum absolute atomic E-state index is 12.0. The molecular weight excluding hydrogens is 308 g/mol. The lowest BCUT2D eigenvalue weighted by Crippen LogP contribution is -2.16. The Bertz CT molecular complexity index is 660. The van der Waals surface area contributed by atoms with Crippen molar-refractivity contribution in [3.05, 3.63) is 59.1 Å². The van der Waals surface area contributed by atoms with Gasteiger partial charge in [-0.25, -0.2) is 0 Å². The van der Waals surface area contributed by atoms with Crippen LogP contribution in [0.2, 0.25) is 5.02 Å². The minimum Gasteiger partial charge on any atom is -0.383 e. The fraction of sp³-hybridized carbons (Fsp3) is 0.316. The molecule has 0 aliphatic rings. The molecule has 0 saturated carbocycles. The van der Waals surface area contributed by atoms with Gasteiger partial charge in [0.25, 0.3) is 0 Å². The van der Waals surface area contributed by atoms with Crippen LogP contribution in [0.3, 0.4) is 0 Å². The lowest BCUT2D eigenvalue weighted by Gasteiger charge is -2.19. The predicted molar refractivity (Wildman–Crippen MR) is 98.3 cm³/mol. The van der Waals surface area contributed by atoms with Crippen LogP contribution in [0.5, 0.6) is 0 Å². The average molecular weight is 331 g/mol. The van der Waals surface area contributed by atoms with Gasteiger partial charge in [0.1, 0.15) is 0 Å². The van der Waals surface area contributed by atoms with Crippen molar-refractivity contribution >= 4 is 28.9 Å². The molecule has 2 rings (SSSR count). The topological polar surface area (TPSA) is 41.1 Å². The zero-order valence-corrected chi connectivity index (χ0v) is 14.6. The van der Waals surface area contributed by atoms with Crippen LogP contribution in [0, 0.1) is 0 Å². The van der Waals surface area contributed by atoms with Crippen LogP contribution in [0.25, 0.3) is 0 Å². The SMILES string of the molecule is CC(C)(C)c1ccc(NC(=O)CCNc2ccccc2Cl)cc1. The molecule has 0 spiro atoms. The van der Waals surface area contributed by atoms with Crippen molar-refractivity contribution in [3.63, 3.8) is 0 Å². The molecule has 0 unspecified atom stereocenters. The number of amides is 1. The first-order chi connectivity index (χ1) is 10.9. The maximum atomic E-state index is 12.0. The van der Waals surface area contributed by atoms with Gasteiger partial charge in [-0.3, -0.25) is 4.79 Å². The summed E-state index contributed by atoms with van der Waals surface area (Å²) in [4.78, 5) is 12.0. The molecule has 0 bridgehead atoms. The molecule has 0 aliphatic carbocycles. The second-order valence-corrected chi connectivity index (χ2v) is 6.94. The molecule has 0 aliphatic heterocycles. The Labute approximate surface area is 143 Å². The number of hydrogen-bond donors (Lipinski definition) is 2. The van der Waals surface area contributed by atoms with E-state index < -0.39 is 0 Å². The molecule has 0 radical (unpaired) electrons. The van der Waals surface area contributed by atoms with Gasteiger partial charge < -0.3 is 10.6 Å². The van der Waals surface area contributed by atoms with Gasteiger partial charge in [-0.15, -0.1) is 0 Å². The lowest BCUT2D eigenvalue weighted by molar-refractivity contribution is -0.115. The Hall–Kier alpha value is -2.00. The molecule has 1 amide bonds. The maximum Gasteiger partial charge on any atom is 0.226 e. The highest BCUT2D eigenvalue weighted by atomic mass is 35.5. The Balaban J connectivity index is 1.82. The van der Waals surface area contributed by atoms with Crippen molar-refractivity contribution in [2.24, 2.45) is 0 Å². The third kappa shape index (κ3) is 5.29. The van der Waals surface area contributed by atoms with Crippen LogP contribution < -0.4 is 10.6 Å². The summed E-state index contributed by atoms with van der Waals surface area (Å²) in [7, 11) is 0. The van der Waals surface area contributed by atoms with Gasteiger partial charge >= 0.3 is 0 Å². The molecule has 2 aromatic rings. The van der Waals surface area contributed by atoms with Crippen molar-refractivity contribution in [3.8, 4) is 0 Å². The number of rotatable bonds is 5. The van der Waals surface area contributed by atoms with Gasteiger partial charge in [-0.2, -0.15) is 0 Å². The number of carbonyl (C=O) groups is 1. The first-order valence-corrected chi connectivity index (χ1v) is 8.13. The Morgan fingerprint density at radius 2 is 1.70 bits per heavy atom. The largest absolute Gasteiger partial charge is 0.383 e. The van der Waals surface area contributed by atoms with Crippen LogP contribution >= 0.6 is 11.6 Å². The van der Waals surface area contributed by atoms with Crippen molar-refractivity contribution in [2.45, 2.75) is 32.6 Å². The normalized spacial score (nSPS) is 11.1. The molecule has 0 saturated heterocycles. The van der Waals surface area contributed by atoms with Crippen molar-refractivity contribution in [1.82, 2.24) is 0 Å². The van der Waals surface area contributed by atoms with E-state index in [9.17, 15) is 4.79 Å². The van der Waals surface area contributed by atoms with Crippen LogP contribution in [0.1, 0.15) is 32.8 Å². The minimum atomic E-state index is -0.0203. The number of hydrogen-bond acceptors (Lipinski definition) is 2. The van der Waals surface area contributed by atoms with E-state index >= 15 is 0 Å². The molecule has 0 aromatic heterocycles. The lowest BCUT2D eigenvalue weighted by atomic mass is 9.87. The number of halogens is 1.